The Morgan fingerprint density at radius 3 is 2.50 bits per heavy atom. The van der Waals surface area contributed by atoms with Crippen molar-refractivity contribution in [2.75, 3.05) is 18.6 Å². The highest BCUT2D eigenvalue weighted by Crippen LogP contribution is 2.47. The molecule has 0 spiro atoms. The normalized spacial score (nSPS) is 18.8. The van der Waals surface area contributed by atoms with Crippen LogP contribution < -0.4 is 14.2 Å². The lowest BCUT2D eigenvalue weighted by Crippen LogP contribution is -2.33. The third-order valence-corrected chi connectivity index (χ3v) is 11.0. The van der Waals surface area contributed by atoms with Gasteiger partial charge >= 0.3 is 0 Å². The molecular weight excluding hydrogens is 577 g/mol. The van der Waals surface area contributed by atoms with Gasteiger partial charge in [0.15, 0.2) is 0 Å². The first-order valence-corrected chi connectivity index (χ1v) is 17.5. The van der Waals surface area contributed by atoms with Crippen LogP contribution in [0.15, 0.2) is 100.0 Å². The van der Waals surface area contributed by atoms with Crippen molar-refractivity contribution >= 4 is 50.7 Å². The highest BCUT2D eigenvalue weighted by molar-refractivity contribution is 8.03. The Labute approximate surface area is 271 Å². The molecule has 4 aromatic rings. The third-order valence-electron chi connectivity index (χ3n) is 8.73. The van der Waals surface area contributed by atoms with E-state index in [1.54, 1.807) is 7.11 Å². The number of allylic oxidation sites excluding steroid dienone is 6. The molecule has 1 aliphatic heterocycles. The maximum Gasteiger partial charge on any atom is 0.262 e. The summed E-state index contributed by atoms with van der Waals surface area (Å²) in [6.45, 7) is 13.2. The van der Waals surface area contributed by atoms with Gasteiger partial charge in [-0.25, -0.2) is 0 Å². The topological polar surface area (TPSA) is 16.4 Å². The van der Waals surface area contributed by atoms with Gasteiger partial charge in [-0.15, -0.1) is 0 Å². The molecule has 0 saturated heterocycles. The molecule has 2 heterocycles. The molecule has 3 nitrogen and oxygen atoms in total. The number of hydrogen-bond donors (Lipinski definition) is 0. The van der Waals surface area contributed by atoms with Crippen LogP contribution in [0.3, 0.4) is 0 Å². The molecule has 0 saturated carbocycles. The number of rotatable bonds is 8. The predicted octanol–water partition coefficient (Wildman–Crippen LogP) is 10.4. The highest BCUT2D eigenvalue weighted by atomic mass is 32.2. The van der Waals surface area contributed by atoms with Gasteiger partial charge in [0.05, 0.1) is 17.8 Å². The van der Waals surface area contributed by atoms with Crippen molar-refractivity contribution in [1.29, 1.82) is 0 Å². The lowest BCUT2D eigenvalue weighted by atomic mass is 9.78. The second kappa shape index (κ2) is 13.2. The summed E-state index contributed by atoms with van der Waals surface area (Å²) >= 11 is 3.79. The second-order valence-electron chi connectivity index (χ2n) is 11.8. The summed E-state index contributed by atoms with van der Waals surface area (Å²) in [4.78, 5) is 3.79. The number of hydrogen-bond acceptors (Lipinski definition) is 4. The SMILES string of the molecule is CCc1ccc2c(c1)sc(/C=C/C1=C(c3ccc(OC)cc3)C(=C/C=C3\Sc4cc(C)ccc4N3CC)/CC(C)C1)[n+]2CC. The number of thiazole rings is 1. The Morgan fingerprint density at radius 2 is 1.77 bits per heavy atom. The van der Waals surface area contributed by atoms with Crippen molar-refractivity contribution in [1.82, 2.24) is 0 Å². The van der Waals surface area contributed by atoms with Gasteiger partial charge < -0.3 is 9.64 Å². The Balaban J connectivity index is 1.44. The van der Waals surface area contributed by atoms with E-state index in [0.29, 0.717) is 5.92 Å². The van der Waals surface area contributed by atoms with E-state index in [-0.39, 0.29) is 0 Å². The summed E-state index contributed by atoms with van der Waals surface area (Å²) in [5, 5.41) is 2.60. The summed E-state index contributed by atoms with van der Waals surface area (Å²) in [7, 11) is 1.73. The molecule has 0 radical (unpaired) electrons. The smallest absolute Gasteiger partial charge is 0.262 e. The quantitative estimate of drug-likeness (QED) is 0.183. The van der Waals surface area contributed by atoms with Crippen LogP contribution >= 0.6 is 23.1 Å². The summed E-state index contributed by atoms with van der Waals surface area (Å²) in [5.41, 5.74) is 10.8. The van der Waals surface area contributed by atoms with E-state index in [2.05, 4.69) is 129 Å². The summed E-state index contributed by atoms with van der Waals surface area (Å²) in [6, 6.07) is 22.3. The van der Waals surface area contributed by atoms with Gasteiger partial charge in [0.1, 0.15) is 17.0 Å². The number of fused-ring (bicyclic) bond motifs is 2. The van der Waals surface area contributed by atoms with Crippen molar-refractivity contribution in [3.8, 4) is 5.75 Å². The van der Waals surface area contributed by atoms with E-state index in [1.807, 2.05) is 23.1 Å². The average Bonchev–Trinajstić information content (AvgIpc) is 3.58. The minimum Gasteiger partial charge on any atom is -0.497 e. The van der Waals surface area contributed by atoms with Crippen LogP contribution in [-0.4, -0.2) is 13.7 Å². The molecule has 5 heteroatoms. The molecule has 44 heavy (non-hydrogen) atoms. The number of aromatic nitrogens is 1. The van der Waals surface area contributed by atoms with Crippen molar-refractivity contribution in [2.24, 2.45) is 5.92 Å². The number of nitrogens with zero attached hydrogens (tertiary/aromatic N) is 2. The third kappa shape index (κ3) is 6.05. The van der Waals surface area contributed by atoms with Gasteiger partial charge in [-0.1, -0.05) is 73.4 Å². The number of aryl methyl sites for hydroxylation is 3. The summed E-state index contributed by atoms with van der Waals surface area (Å²) in [6.07, 6.45) is 12.7. The zero-order valence-electron chi connectivity index (χ0n) is 26.8. The van der Waals surface area contributed by atoms with Gasteiger partial charge in [0.25, 0.3) is 5.01 Å². The number of methoxy groups -OCH3 is 1. The van der Waals surface area contributed by atoms with E-state index < -0.39 is 0 Å². The molecule has 1 atom stereocenters. The van der Waals surface area contributed by atoms with Crippen LogP contribution in [0, 0.1) is 12.8 Å². The molecule has 226 valence electrons. The molecule has 1 unspecified atom stereocenters. The maximum atomic E-state index is 5.52. The number of benzene rings is 3. The van der Waals surface area contributed by atoms with Gasteiger partial charge in [0, 0.05) is 23.6 Å². The molecule has 0 fully saturated rings. The standard InChI is InChI=1S/C39H43N2OS2/c1-7-28-11-19-34-36(25-28)44-38(41(34)9-3)21-15-31-23-27(5)22-30(39(31)29-12-16-32(42-6)17-13-29)14-20-37-40(8-2)33-18-10-26(4)24-35(33)43-37/h10-21,24-25,27H,7-9,22-23H2,1-6H3/q+1. The fraction of sp³-hybridized carbons (Fsp3) is 0.308. The van der Waals surface area contributed by atoms with E-state index in [4.69, 9.17) is 4.74 Å². The molecule has 0 bridgehead atoms. The number of anilines is 1. The van der Waals surface area contributed by atoms with Gasteiger partial charge in [-0.3, -0.25) is 0 Å². The average molecular weight is 620 g/mol. The zero-order chi connectivity index (χ0) is 30.8. The van der Waals surface area contributed by atoms with Crippen LogP contribution in [0.5, 0.6) is 5.75 Å². The summed E-state index contributed by atoms with van der Waals surface area (Å²) in [5.74, 6) is 1.45. The van der Waals surface area contributed by atoms with Crippen molar-refractivity contribution in [3.05, 3.63) is 117 Å². The molecule has 1 aromatic heterocycles. The largest absolute Gasteiger partial charge is 0.497 e. The number of ether oxygens (including phenoxy) is 1. The molecule has 0 amide bonds. The minimum absolute atomic E-state index is 0.562. The fourth-order valence-corrected chi connectivity index (χ4v) is 8.91. The van der Waals surface area contributed by atoms with Crippen LogP contribution in [0.25, 0.3) is 21.9 Å². The van der Waals surface area contributed by atoms with Crippen LogP contribution in [-0.2, 0) is 13.0 Å². The Hall–Kier alpha value is -3.54. The van der Waals surface area contributed by atoms with Crippen LogP contribution in [0.4, 0.5) is 5.69 Å². The first kappa shape index (κ1) is 30.5. The minimum atomic E-state index is 0.562. The first-order chi connectivity index (χ1) is 21.4. The van der Waals surface area contributed by atoms with Crippen LogP contribution in [0.1, 0.15) is 62.2 Å². The Kier molecular flexibility index (Phi) is 9.16. The van der Waals surface area contributed by atoms with E-state index >= 15 is 0 Å². The lowest BCUT2D eigenvalue weighted by Gasteiger charge is -2.27. The molecule has 3 aromatic carbocycles. The van der Waals surface area contributed by atoms with Gasteiger partial charge in [-0.05, 0) is 116 Å². The van der Waals surface area contributed by atoms with Crippen LogP contribution in [0.2, 0.25) is 0 Å². The van der Waals surface area contributed by atoms with Crippen molar-refractivity contribution < 1.29 is 9.30 Å². The summed E-state index contributed by atoms with van der Waals surface area (Å²) < 4.78 is 9.34. The van der Waals surface area contributed by atoms with E-state index in [9.17, 15) is 0 Å². The van der Waals surface area contributed by atoms with E-state index in [0.717, 1.165) is 38.1 Å². The molecule has 0 N–H and O–H groups in total. The zero-order valence-corrected chi connectivity index (χ0v) is 28.4. The number of thioether (sulfide) groups is 1. The van der Waals surface area contributed by atoms with Gasteiger partial charge in [0.2, 0.25) is 5.52 Å². The highest BCUT2D eigenvalue weighted by Gasteiger charge is 2.26. The Morgan fingerprint density at radius 1 is 0.955 bits per heavy atom. The van der Waals surface area contributed by atoms with Crippen molar-refractivity contribution in [3.63, 3.8) is 0 Å². The van der Waals surface area contributed by atoms with Crippen molar-refractivity contribution in [2.45, 2.75) is 65.3 Å². The molecule has 2 aliphatic rings. The first-order valence-electron chi connectivity index (χ1n) is 15.9. The lowest BCUT2D eigenvalue weighted by molar-refractivity contribution is -0.665. The molecule has 1 aliphatic carbocycles. The molecule has 6 rings (SSSR count). The predicted molar refractivity (Wildman–Crippen MR) is 191 cm³/mol. The maximum absolute atomic E-state index is 5.52. The Bertz CT molecular complexity index is 1810. The fourth-order valence-electron chi connectivity index (χ4n) is 6.49. The molecular formula is C39H43N2OS2+. The monoisotopic (exact) mass is 619 g/mol. The van der Waals surface area contributed by atoms with Gasteiger partial charge in [-0.2, -0.15) is 4.57 Å². The second-order valence-corrected chi connectivity index (χ2v) is 14.0. The van der Waals surface area contributed by atoms with E-state index in [1.165, 1.54) is 64.2 Å².